The van der Waals surface area contributed by atoms with Crippen molar-refractivity contribution >= 4 is 33.5 Å². The fourth-order valence-corrected chi connectivity index (χ4v) is 2.63. The summed E-state index contributed by atoms with van der Waals surface area (Å²) in [6.07, 6.45) is 0. The summed E-state index contributed by atoms with van der Waals surface area (Å²) in [4.78, 5) is 11.3. The Morgan fingerprint density at radius 1 is 1.38 bits per heavy atom. The van der Waals surface area contributed by atoms with Crippen molar-refractivity contribution < 1.29 is 19.0 Å². The lowest BCUT2D eigenvalue weighted by Crippen LogP contribution is -2.06. The predicted molar refractivity (Wildman–Crippen MR) is 81.6 cm³/mol. The van der Waals surface area contributed by atoms with Crippen molar-refractivity contribution in [2.75, 3.05) is 0 Å². The maximum Gasteiger partial charge on any atom is 0.339 e. The van der Waals surface area contributed by atoms with Gasteiger partial charge in [-0.15, -0.1) is 0 Å². The number of carboxylic acid groups (broad SMARTS) is 1. The van der Waals surface area contributed by atoms with Crippen LogP contribution in [0.2, 0.25) is 5.02 Å². The highest BCUT2D eigenvalue weighted by Gasteiger charge is 2.16. The zero-order valence-electron chi connectivity index (χ0n) is 11.0. The summed E-state index contributed by atoms with van der Waals surface area (Å²) < 4.78 is 19.4. The summed E-state index contributed by atoms with van der Waals surface area (Å²) in [5, 5.41) is 9.59. The van der Waals surface area contributed by atoms with Crippen molar-refractivity contribution in [3.05, 3.63) is 62.3 Å². The molecule has 0 saturated carbocycles. The van der Waals surface area contributed by atoms with Crippen LogP contribution < -0.4 is 4.74 Å². The third kappa shape index (κ3) is 3.74. The molecule has 0 aliphatic rings. The largest absolute Gasteiger partial charge is 0.488 e. The van der Waals surface area contributed by atoms with Crippen molar-refractivity contribution in [1.82, 2.24) is 0 Å². The topological polar surface area (TPSA) is 46.5 Å². The van der Waals surface area contributed by atoms with Crippen molar-refractivity contribution in [2.24, 2.45) is 0 Å². The number of aromatic carboxylic acids is 1. The Labute approximate surface area is 134 Å². The number of hydrogen-bond donors (Lipinski definition) is 1. The second kappa shape index (κ2) is 6.45. The number of aryl methyl sites for hydroxylation is 1. The minimum Gasteiger partial charge on any atom is -0.488 e. The third-order valence-electron chi connectivity index (χ3n) is 2.85. The summed E-state index contributed by atoms with van der Waals surface area (Å²) in [6, 6.07) is 7.14. The molecule has 0 fully saturated rings. The summed E-state index contributed by atoms with van der Waals surface area (Å²) >= 11 is 9.20. The molecule has 0 saturated heterocycles. The normalized spacial score (nSPS) is 10.5. The van der Waals surface area contributed by atoms with Crippen LogP contribution in [0.4, 0.5) is 4.39 Å². The summed E-state index contributed by atoms with van der Waals surface area (Å²) in [7, 11) is 0. The number of hydrogen-bond acceptors (Lipinski definition) is 2. The molecule has 3 nitrogen and oxygen atoms in total. The number of carbonyl (C=O) groups is 1. The highest BCUT2D eigenvalue weighted by molar-refractivity contribution is 9.10. The lowest BCUT2D eigenvalue weighted by atomic mass is 10.1. The van der Waals surface area contributed by atoms with Crippen LogP contribution in [0, 0.1) is 12.7 Å². The predicted octanol–water partition coefficient (Wildman–Crippen LogP) is 4.83. The van der Waals surface area contributed by atoms with Crippen LogP contribution in [0.5, 0.6) is 5.75 Å². The van der Waals surface area contributed by atoms with Gasteiger partial charge in [0.15, 0.2) is 0 Å². The van der Waals surface area contributed by atoms with Gasteiger partial charge in [0, 0.05) is 15.1 Å². The maximum absolute atomic E-state index is 13.2. The fourth-order valence-electron chi connectivity index (χ4n) is 1.88. The molecule has 21 heavy (non-hydrogen) atoms. The zero-order valence-corrected chi connectivity index (χ0v) is 13.3. The van der Waals surface area contributed by atoms with Gasteiger partial charge in [-0.3, -0.25) is 0 Å². The number of ether oxygens (including phenoxy) is 1. The first-order chi connectivity index (χ1) is 9.88. The van der Waals surface area contributed by atoms with Crippen molar-refractivity contribution in [3.63, 3.8) is 0 Å². The van der Waals surface area contributed by atoms with Crippen LogP contribution in [0.3, 0.4) is 0 Å². The molecule has 6 heteroatoms. The van der Waals surface area contributed by atoms with Gasteiger partial charge in [0.1, 0.15) is 23.7 Å². The van der Waals surface area contributed by atoms with E-state index in [0.29, 0.717) is 20.6 Å². The van der Waals surface area contributed by atoms with E-state index in [1.54, 1.807) is 13.0 Å². The van der Waals surface area contributed by atoms with Gasteiger partial charge in [-0.2, -0.15) is 0 Å². The minimum atomic E-state index is -1.10. The molecule has 0 spiro atoms. The molecule has 0 heterocycles. The molecule has 0 atom stereocenters. The molecule has 0 amide bonds. The molecule has 0 radical (unpaired) electrons. The highest BCUT2D eigenvalue weighted by Crippen LogP contribution is 2.29. The molecule has 1 N–H and O–H groups in total. The Morgan fingerprint density at radius 3 is 2.76 bits per heavy atom. The molecule has 0 unspecified atom stereocenters. The first-order valence-corrected chi connectivity index (χ1v) is 7.15. The van der Waals surface area contributed by atoms with Crippen molar-refractivity contribution in [2.45, 2.75) is 13.5 Å². The Morgan fingerprint density at radius 2 is 2.10 bits per heavy atom. The first-order valence-electron chi connectivity index (χ1n) is 5.98. The smallest absolute Gasteiger partial charge is 0.339 e. The van der Waals surface area contributed by atoms with Crippen LogP contribution in [-0.4, -0.2) is 11.1 Å². The molecular formula is C15H11BrClFO3. The van der Waals surface area contributed by atoms with E-state index in [2.05, 4.69) is 15.9 Å². The monoisotopic (exact) mass is 372 g/mol. The van der Waals surface area contributed by atoms with Gasteiger partial charge < -0.3 is 9.84 Å². The number of rotatable bonds is 4. The van der Waals surface area contributed by atoms with Gasteiger partial charge in [-0.1, -0.05) is 27.5 Å². The van der Waals surface area contributed by atoms with Crippen LogP contribution in [0.15, 0.2) is 34.8 Å². The maximum atomic E-state index is 13.2. The van der Waals surface area contributed by atoms with E-state index in [9.17, 15) is 14.3 Å². The molecule has 0 aromatic heterocycles. The molecule has 2 aromatic carbocycles. The van der Waals surface area contributed by atoms with Gasteiger partial charge in [0.25, 0.3) is 0 Å². The Balaban J connectivity index is 2.32. The summed E-state index contributed by atoms with van der Waals surface area (Å²) in [6.45, 7) is 1.72. The lowest BCUT2D eigenvalue weighted by Gasteiger charge is -2.13. The third-order valence-corrected chi connectivity index (χ3v) is 3.68. The molecule has 0 bridgehead atoms. The van der Waals surface area contributed by atoms with E-state index in [4.69, 9.17) is 16.3 Å². The Kier molecular flexibility index (Phi) is 4.85. The van der Waals surface area contributed by atoms with E-state index in [-0.39, 0.29) is 17.9 Å². The quantitative estimate of drug-likeness (QED) is 0.835. The average Bonchev–Trinajstić information content (AvgIpc) is 2.40. The zero-order chi connectivity index (χ0) is 15.6. The Hall–Kier alpha value is -1.59. The van der Waals surface area contributed by atoms with Crippen molar-refractivity contribution in [1.29, 1.82) is 0 Å². The van der Waals surface area contributed by atoms with Gasteiger partial charge in [0.05, 0.1) is 0 Å². The minimum absolute atomic E-state index is 0.0145. The number of carboxylic acids is 1. The summed E-state index contributed by atoms with van der Waals surface area (Å²) in [5.41, 5.74) is 1.15. The van der Waals surface area contributed by atoms with E-state index < -0.39 is 11.8 Å². The van der Waals surface area contributed by atoms with Crippen LogP contribution in [-0.2, 0) is 6.61 Å². The lowest BCUT2D eigenvalue weighted by molar-refractivity contribution is 0.0691. The van der Waals surface area contributed by atoms with E-state index >= 15 is 0 Å². The van der Waals surface area contributed by atoms with Crippen LogP contribution in [0.25, 0.3) is 0 Å². The van der Waals surface area contributed by atoms with Gasteiger partial charge in [-0.25, -0.2) is 9.18 Å². The molecule has 2 rings (SSSR count). The second-order valence-electron chi connectivity index (χ2n) is 4.43. The first kappa shape index (κ1) is 15.8. The molecule has 2 aromatic rings. The van der Waals surface area contributed by atoms with Crippen LogP contribution >= 0.6 is 27.5 Å². The molecule has 110 valence electrons. The molecule has 0 aliphatic heterocycles. The SMILES string of the molecule is Cc1cc(Br)cc(C(=O)O)c1OCc1cc(F)ccc1Cl. The van der Waals surface area contributed by atoms with E-state index in [1.165, 1.54) is 24.3 Å². The van der Waals surface area contributed by atoms with E-state index in [0.717, 1.165) is 0 Å². The summed E-state index contributed by atoms with van der Waals surface area (Å²) in [5.74, 6) is -1.28. The standard InChI is InChI=1S/C15H11BrClFO3/c1-8-4-10(16)6-12(15(19)20)14(8)21-7-9-5-11(18)2-3-13(9)17/h2-6H,7H2,1H3,(H,19,20). The Bertz CT molecular complexity index is 704. The number of benzene rings is 2. The molecule has 0 aliphatic carbocycles. The van der Waals surface area contributed by atoms with Crippen LogP contribution in [0.1, 0.15) is 21.5 Å². The second-order valence-corrected chi connectivity index (χ2v) is 5.75. The fraction of sp³-hybridized carbons (Fsp3) is 0.133. The average molecular weight is 374 g/mol. The van der Waals surface area contributed by atoms with Gasteiger partial charge in [-0.05, 0) is 42.8 Å². The van der Waals surface area contributed by atoms with Gasteiger partial charge in [0.2, 0.25) is 0 Å². The van der Waals surface area contributed by atoms with Gasteiger partial charge >= 0.3 is 5.97 Å². The van der Waals surface area contributed by atoms with Crippen molar-refractivity contribution in [3.8, 4) is 5.75 Å². The molecular weight excluding hydrogens is 363 g/mol. The number of halogens is 3. The highest BCUT2D eigenvalue weighted by atomic mass is 79.9. The van der Waals surface area contributed by atoms with E-state index in [1.807, 2.05) is 0 Å².